The van der Waals surface area contributed by atoms with E-state index in [-0.39, 0.29) is 4.90 Å². The van der Waals surface area contributed by atoms with E-state index in [0.717, 1.165) is 4.09 Å². The first kappa shape index (κ1) is 15.6. The topological polar surface area (TPSA) is 78.0 Å². The smallest absolute Gasteiger partial charge is 0.283 e. The van der Waals surface area contributed by atoms with Crippen LogP contribution in [-0.2, 0) is 10.0 Å². The molecule has 0 unspecified atom stereocenters. The van der Waals surface area contributed by atoms with Crippen LogP contribution in [0.5, 0.6) is 0 Å². The Morgan fingerprint density at radius 3 is 2.26 bits per heavy atom. The molecule has 5 nitrogen and oxygen atoms in total. The van der Waals surface area contributed by atoms with Gasteiger partial charge in [0.1, 0.15) is 5.69 Å². The van der Waals surface area contributed by atoms with Gasteiger partial charge in [0.15, 0.2) is 0 Å². The monoisotopic (exact) mass is 347 g/mol. The van der Waals surface area contributed by atoms with E-state index in [2.05, 4.69) is 5.10 Å². The standard InChI is InChI=1S/C16H14ClN3O2S/c1-11-15(17)16(12-5-3-2-4-6-12)20(19-11)23(21,22)14-9-7-13(18)8-10-14/h2-10H,18H2,1H3. The first-order valence-corrected chi connectivity index (χ1v) is 8.64. The van der Waals surface area contributed by atoms with Crippen molar-refractivity contribution in [2.24, 2.45) is 0 Å². The second kappa shape index (κ2) is 5.72. The molecule has 2 aromatic carbocycles. The third kappa shape index (κ3) is 2.71. The average molecular weight is 348 g/mol. The summed E-state index contributed by atoms with van der Waals surface area (Å²) in [4.78, 5) is 0.100. The molecule has 1 aromatic heterocycles. The molecule has 118 valence electrons. The Bertz CT molecular complexity index is 949. The van der Waals surface area contributed by atoms with Crippen LogP contribution < -0.4 is 5.73 Å². The highest BCUT2D eigenvalue weighted by atomic mass is 35.5. The first-order valence-electron chi connectivity index (χ1n) is 6.83. The van der Waals surface area contributed by atoms with Crippen molar-refractivity contribution in [2.75, 3.05) is 5.73 Å². The highest BCUT2D eigenvalue weighted by Crippen LogP contribution is 2.33. The van der Waals surface area contributed by atoms with Gasteiger partial charge in [0.05, 0.1) is 15.6 Å². The molecular formula is C16H14ClN3O2S. The number of aryl methyl sites for hydroxylation is 1. The molecule has 3 aromatic rings. The molecule has 0 aliphatic rings. The van der Waals surface area contributed by atoms with Gasteiger partial charge in [-0.2, -0.15) is 17.6 Å². The minimum atomic E-state index is -3.87. The molecule has 0 saturated heterocycles. The van der Waals surface area contributed by atoms with Gasteiger partial charge in [-0.05, 0) is 31.2 Å². The van der Waals surface area contributed by atoms with E-state index < -0.39 is 10.0 Å². The summed E-state index contributed by atoms with van der Waals surface area (Å²) in [6.45, 7) is 1.67. The van der Waals surface area contributed by atoms with E-state index in [4.69, 9.17) is 17.3 Å². The number of nitrogens with two attached hydrogens (primary N) is 1. The Hall–Kier alpha value is -2.31. The van der Waals surface area contributed by atoms with Gasteiger partial charge in [0.2, 0.25) is 0 Å². The van der Waals surface area contributed by atoms with Crippen molar-refractivity contribution in [2.45, 2.75) is 11.8 Å². The van der Waals surface area contributed by atoms with E-state index in [0.29, 0.717) is 27.7 Å². The van der Waals surface area contributed by atoms with Gasteiger partial charge in [-0.15, -0.1) is 0 Å². The van der Waals surface area contributed by atoms with Crippen LogP contribution in [0.25, 0.3) is 11.3 Å². The van der Waals surface area contributed by atoms with Gasteiger partial charge < -0.3 is 5.73 Å². The molecule has 0 spiro atoms. The Morgan fingerprint density at radius 1 is 1.04 bits per heavy atom. The minimum absolute atomic E-state index is 0.100. The number of nitrogens with zero attached hydrogens (tertiary/aromatic N) is 2. The quantitative estimate of drug-likeness (QED) is 0.737. The Balaban J connectivity index is 2.25. The zero-order valence-corrected chi connectivity index (χ0v) is 13.8. The summed E-state index contributed by atoms with van der Waals surface area (Å²) in [5, 5.41) is 4.44. The molecule has 1 heterocycles. The van der Waals surface area contributed by atoms with Crippen molar-refractivity contribution >= 4 is 27.3 Å². The van der Waals surface area contributed by atoms with E-state index in [1.165, 1.54) is 24.3 Å². The zero-order chi connectivity index (χ0) is 16.6. The van der Waals surface area contributed by atoms with Crippen LogP contribution in [0.3, 0.4) is 0 Å². The molecule has 0 amide bonds. The van der Waals surface area contributed by atoms with Gasteiger partial charge in [-0.25, -0.2) is 0 Å². The molecular weight excluding hydrogens is 334 g/mol. The predicted molar refractivity (Wildman–Crippen MR) is 90.8 cm³/mol. The first-order chi connectivity index (χ1) is 10.9. The number of hydrogen-bond donors (Lipinski definition) is 1. The van der Waals surface area contributed by atoms with Crippen molar-refractivity contribution < 1.29 is 8.42 Å². The van der Waals surface area contributed by atoms with Crippen molar-refractivity contribution in [1.82, 2.24) is 9.19 Å². The van der Waals surface area contributed by atoms with Crippen LogP contribution in [0.15, 0.2) is 59.5 Å². The molecule has 7 heteroatoms. The number of nitrogen functional groups attached to an aromatic ring is 1. The number of halogens is 1. The largest absolute Gasteiger partial charge is 0.399 e. The second-order valence-corrected chi connectivity index (χ2v) is 7.18. The van der Waals surface area contributed by atoms with Crippen LogP contribution in [0.4, 0.5) is 5.69 Å². The fourth-order valence-corrected chi connectivity index (χ4v) is 3.86. The summed E-state index contributed by atoms with van der Waals surface area (Å²) >= 11 is 6.30. The summed E-state index contributed by atoms with van der Waals surface area (Å²) in [5.41, 5.74) is 7.58. The molecule has 0 bridgehead atoms. The molecule has 0 atom stereocenters. The fraction of sp³-hybridized carbons (Fsp3) is 0.0625. The Kier molecular flexibility index (Phi) is 3.87. The van der Waals surface area contributed by atoms with Crippen molar-refractivity contribution in [3.63, 3.8) is 0 Å². The number of anilines is 1. The lowest BCUT2D eigenvalue weighted by atomic mass is 10.1. The Labute approximate surface area is 139 Å². The van der Waals surface area contributed by atoms with Gasteiger partial charge in [0.25, 0.3) is 10.0 Å². The van der Waals surface area contributed by atoms with Gasteiger partial charge in [0, 0.05) is 11.3 Å². The van der Waals surface area contributed by atoms with Crippen molar-refractivity contribution in [1.29, 1.82) is 0 Å². The van der Waals surface area contributed by atoms with E-state index in [1.54, 1.807) is 19.1 Å². The third-order valence-electron chi connectivity index (χ3n) is 3.41. The van der Waals surface area contributed by atoms with Crippen LogP contribution >= 0.6 is 11.6 Å². The number of benzene rings is 2. The lowest BCUT2D eigenvalue weighted by Crippen LogP contribution is -2.16. The third-order valence-corrected chi connectivity index (χ3v) is 5.45. The molecule has 3 rings (SSSR count). The number of hydrogen-bond acceptors (Lipinski definition) is 4. The summed E-state index contributed by atoms with van der Waals surface area (Å²) in [6, 6.07) is 15.0. The van der Waals surface area contributed by atoms with Crippen LogP contribution in [0, 0.1) is 6.92 Å². The number of aromatic nitrogens is 2. The average Bonchev–Trinajstić information content (AvgIpc) is 2.85. The van der Waals surface area contributed by atoms with Crippen molar-refractivity contribution in [3.05, 3.63) is 65.3 Å². The molecule has 0 radical (unpaired) electrons. The van der Waals surface area contributed by atoms with Crippen molar-refractivity contribution in [3.8, 4) is 11.3 Å². The SMILES string of the molecule is Cc1nn(S(=O)(=O)c2ccc(N)cc2)c(-c2ccccc2)c1Cl. The predicted octanol–water partition coefficient (Wildman–Crippen LogP) is 3.33. The maximum Gasteiger partial charge on any atom is 0.283 e. The summed E-state index contributed by atoms with van der Waals surface area (Å²) in [5.74, 6) is 0. The second-order valence-electron chi connectivity index (χ2n) is 5.03. The van der Waals surface area contributed by atoms with E-state index in [1.807, 2.05) is 18.2 Å². The molecule has 23 heavy (non-hydrogen) atoms. The maximum atomic E-state index is 12.9. The zero-order valence-electron chi connectivity index (χ0n) is 12.3. The lowest BCUT2D eigenvalue weighted by molar-refractivity contribution is 0.580. The normalized spacial score (nSPS) is 11.6. The summed E-state index contributed by atoms with van der Waals surface area (Å²) in [6.07, 6.45) is 0. The van der Waals surface area contributed by atoms with Gasteiger partial charge >= 0.3 is 0 Å². The van der Waals surface area contributed by atoms with E-state index in [9.17, 15) is 8.42 Å². The van der Waals surface area contributed by atoms with Gasteiger partial charge in [-0.3, -0.25) is 0 Å². The number of rotatable bonds is 3. The lowest BCUT2D eigenvalue weighted by Gasteiger charge is -2.09. The van der Waals surface area contributed by atoms with Crippen LogP contribution in [0.2, 0.25) is 5.02 Å². The van der Waals surface area contributed by atoms with E-state index >= 15 is 0 Å². The molecule has 2 N–H and O–H groups in total. The molecule has 0 aliphatic heterocycles. The minimum Gasteiger partial charge on any atom is -0.399 e. The van der Waals surface area contributed by atoms with Crippen LogP contribution in [-0.4, -0.2) is 17.6 Å². The molecule has 0 saturated carbocycles. The Morgan fingerprint density at radius 2 is 1.65 bits per heavy atom. The maximum absolute atomic E-state index is 12.9. The molecule has 0 fully saturated rings. The summed E-state index contributed by atoms with van der Waals surface area (Å²) in [7, 11) is -3.87. The highest BCUT2D eigenvalue weighted by molar-refractivity contribution is 7.90. The molecule has 0 aliphatic carbocycles. The summed E-state index contributed by atoms with van der Waals surface area (Å²) < 4.78 is 26.8. The van der Waals surface area contributed by atoms with Crippen LogP contribution in [0.1, 0.15) is 5.69 Å². The highest BCUT2D eigenvalue weighted by Gasteiger charge is 2.26. The van der Waals surface area contributed by atoms with Gasteiger partial charge in [-0.1, -0.05) is 41.9 Å². The fourth-order valence-electron chi connectivity index (χ4n) is 2.23.